The average Bonchev–Trinajstić information content (AvgIpc) is 2.05. The molecule has 0 saturated heterocycles. The summed E-state index contributed by atoms with van der Waals surface area (Å²) in [5.41, 5.74) is 0. The van der Waals surface area contributed by atoms with E-state index >= 15 is 0 Å². The predicted molar refractivity (Wildman–Crippen MR) is 69.1 cm³/mol. The maximum Gasteiger partial charge on any atom is 0.180 e. The SMILES string of the molecule is ClC(Cl)Cl.ClC(Cl)Cl.c1ccccc1. The lowest BCUT2D eigenvalue weighted by atomic mass is 10.4. The number of rotatable bonds is 0. The maximum atomic E-state index is 4.81. The summed E-state index contributed by atoms with van der Waals surface area (Å²) in [5, 5.41) is 0. The summed E-state index contributed by atoms with van der Waals surface area (Å²) in [7, 11) is 0. The third kappa shape index (κ3) is 38.3. The molecule has 0 N–H and O–H groups in total. The van der Waals surface area contributed by atoms with Crippen LogP contribution in [0.1, 0.15) is 0 Å². The summed E-state index contributed by atoms with van der Waals surface area (Å²) in [5.74, 6) is 0. The summed E-state index contributed by atoms with van der Waals surface area (Å²) in [6, 6.07) is 12.0. The molecule has 1 aromatic carbocycles. The zero-order chi connectivity index (χ0) is 11.4. The Morgan fingerprint density at radius 2 is 0.500 bits per heavy atom. The highest BCUT2D eigenvalue weighted by Gasteiger charge is 1.79. The number of benzene rings is 1. The number of hydrogen-bond acceptors (Lipinski definition) is 0. The van der Waals surface area contributed by atoms with Gasteiger partial charge in [-0.3, -0.25) is 0 Å². The van der Waals surface area contributed by atoms with Crippen molar-refractivity contribution in [3.63, 3.8) is 0 Å². The van der Waals surface area contributed by atoms with Gasteiger partial charge in [0.25, 0.3) is 0 Å². The second-order valence-corrected chi connectivity index (χ2v) is 5.61. The van der Waals surface area contributed by atoms with E-state index < -0.39 is 8.59 Å². The van der Waals surface area contributed by atoms with E-state index in [2.05, 4.69) is 0 Å². The van der Waals surface area contributed by atoms with E-state index in [0.29, 0.717) is 0 Å². The van der Waals surface area contributed by atoms with E-state index in [9.17, 15) is 0 Å². The highest BCUT2D eigenvalue weighted by Crippen LogP contribution is 2.04. The fraction of sp³-hybridized carbons (Fsp3) is 0.250. The zero-order valence-corrected chi connectivity index (χ0v) is 11.4. The van der Waals surface area contributed by atoms with Crippen molar-refractivity contribution in [2.24, 2.45) is 0 Å². The van der Waals surface area contributed by atoms with Crippen LogP contribution < -0.4 is 0 Å². The lowest BCUT2D eigenvalue weighted by Crippen LogP contribution is -1.55. The van der Waals surface area contributed by atoms with Crippen LogP contribution in [0, 0.1) is 0 Å². The molecule has 0 nitrogen and oxygen atoms in total. The van der Waals surface area contributed by atoms with Crippen LogP contribution in [0.4, 0.5) is 0 Å². The quantitative estimate of drug-likeness (QED) is 0.542. The minimum absolute atomic E-state index is 0.750. The standard InChI is InChI=1S/C6H6.2CHCl3/c1-2-4-6-5-3-1;2*2-1(3)4/h1-6H;2*1H. The van der Waals surface area contributed by atoms with Crippen molar-refractivity contribution in [3.05, 3.63) is 36.4 Å². The van der Waals surface area contributed by atoms with Crippen LogP contribution in [-0.2, 0) is 0 Å². The van der Waals surface area contributed by atoms with Gasteiger partial charge in [-0.25, -0.2) is 0 Å². The molecule has 0 atom stereocenters. The molecule has 0 aromatic heterocycles. The van der Waals surface area contributed by atoms with E-state index in [-0.39, 0.29) is 0 Å². The topological polar surface area (TPSA) is 0 Å². The van der Waals surface area contributed by atoms with Crippen LogP contribution in [0.25, 0.3) is 0 Å². The van der Waals surface area contributed by atoms with Gasteiger partial charge in [0.05, 0.1) is 0 Å². The molecule has 0 amide bonds. The first kappa shape index (κ1) is 17.4. The normalized spacial score (nSPS) is 8.57. The summed E-state index contributed by atoms with van der Waals surface area (Å²) in [4.78, 5) is 0. The van der Waals surface area contributed by atoms with Gasteiger partial charge in [0.2, 0.25) is 0 Å². The van der Waals surface area contributed by atoms with Crippen LogP contribution in [0.5, 0.6) is 0 Å². The summed E-state index contributed by atoms with van der Waals surface area (Å²) >= 11 is 28.8. The third-order valence-electron chi connectivity index (χ3n) is 0.667. The molecule has 0 spiro atoms. The first-order valence-electron chi connectivity index (χ1n) is 3.31. The minimum Gasteiger partial charge on any atom is -0.0874 e. The monoisotopic (exact) mass is 314 g/mol. The molecule has 0 aliphatic heterocycles. The highest BCUT2D eigenvalue weighted by molar-refractivity contribution is 6.63. The lowest BCUT2D eigenvalue weighted by Gasteiger charge is -1.69. The molecule has 14 heavy (non-hydrogen) atoms. The van der Waals surface area contributed by atoms with Crippen LogP contribution in [0.3, 0.4) is 0 Å². The molecule has 1 aromatic rings. The van der Waals surface area contributed by atoms with Gasteiger partial charge < -0.3 is 0 Å². The lowest BCUT2D eigenvalue weighted by molar-refractivity contribution is 1.72. The molecule has 0 radical (unpaired) electrons. The number of halogens is 6. The van der Waals surface area contributed by atoms with Crippen LogP contribution in [0.2, 0.25) is 0 Å². The summed E-state index contributed by atoms with van der Waals surface area (Å²) in [6.45, 7) is 0. The first-order valence-corrected chi connectivity index (χ1v) is 5.93. The predicted octanol–water partition coefficient (Wildman–Crippen LogP) is 5.66. The Hall–Kier alpha value is 0.960. The van der Waals surface area contributed by atoms with Gasteiger partial charge in [-0.1, -0.05) is 106 Å². The Kier molecular flexibility index (Phi) is 17.3. The third-order valence-corrected chi connectivity index (χ3v) is 0.667. The van der Waals surface area contributed by atoms with Gasteiger partial charge in [0, 0.05) is 0 Å². The molecular weight excluding hydrogens is 309 g/mol. The zero-order valence-electron chi connectivity index (χ0n) is 6.89. The fourth-order valence-electron chi connectivity index (χ4n) is 0.385. The Bertz CT molecular complexity index is 138. The van der Waals surface area contributed by atoms with Crippen molar-refractivity contribution in [2.75, 3.05) is 0 Å². The van der Waals surface area contributed by atoms with Gasteiger partial charge in [0.15, 0.2) is 8.59 Å². The summed E-state index contributed by atoms with van der Waals surface area (Å²) < 4.78 is -1.50. The number of alkyl halides is 6. The Morgan fingerprint density at radius 3 is 0.571 bits per heavy atom. The molecular formula is C8H8Cl6. The van der Waals surface area contributed by atoms with E-state index in [4.69, 9.17) is 69.6 Å². The molecule has 0 fully saturated rings. The minimum atomic E-state index is -0.750. The van der Waals surface area contributed by atoms with Gasteiger partial charge >= 0.3 is 0 Å². The van der Waals surface area contributed by atoms with Crippen molar-refractivity contribution in [1.82, 2.24) is 0 Å². The maximum absolute atomic E-state index is 4.81. The Balaban J connectivity index is 0. The summed E-state index contributed by atoms with van der Waals surface area (Å²) in [6.07, 6.45) is 0. The van der Waals surface area contributed by atoms with Crippen molar-refractivity contribution >= 4 is 69.6 Å². The van der Waals surface area contributed by atoms with Crippen LogP contribution in [0.15, 0.2) is 36.4 Å². The molecule has 0 aliphatic carbocycles. The van der Waals surface area contributed by atoms with E-state index in [1.165, 1.54) is 0 Å². The molecule has 0 heterocycles. The van der Waals surface area contributed by atoms with Gasteiger partial charge in [-0.05, 0) is 0 Å². The Morgan fingerprint density at radius 1 is 0.429 bits per heavy atom. The van der Waals surface area contributed by atoms with E-state index in [0.717, 1.165) is 0 Å². The van der Waals surface area contributed by atoms with Crippen molar-refractivity contribution < 1.29 is 0 Å². The molecule has 6 heteroatoms. The smallest absolute Gasteiger partial charge is 0.0874 e. The Labute approximate surface area is 114 Å². The van der Waals surface area contributed by atoms with Crippen molar-refractivity contribution in [2.45, 2.75) is 8.59 Å². The first-order chi connectivity index (χ1) is 6.46. The van der Waals surface area contributed by atoms with Gasteiger partial charge in [-0.2, -0.15) is 0 Å². The number of hydrogen-bond donors (Lipinski definition) is 0. The van der Waals surface area contributed by atoms with Gasteiger partial charge in [0.1, 0.15) is 0 Å². The average molecular weight is 317 g/mol. The largest absolute Gasteiger partial charge is 0.180 e. The highest BCUT2D eigenvalue weighted by atomic mass is 35.6. The van der Waals surface area contributed by atoms with E-state index in [1.54, 1.807) is 0 Å². The van der Waals surface area contributed by atoms with E-state index in [1.807, 2.05) is 36.4 Å². The second-order valence-electron chi connectivity index (χ2n) is 1.65. The fourth-order valence-corrected chi connectivity index (χ4v) is 0.385. The molecule has 82 valence electrons. The van der Waals surface area contributed by atoms with Crippen LogP contribution in [-0.4, -0.2) is 8.59 Å². The molecule has 0 aliphatic rings. The van der Waals surface area contributed by atoms with Gasteiger partial charge in [-0.15, -0.1) is 0 Å². The molecule has 0 bridgehead atoms. The second kappa shape index (κ2) is 14.0. The molecule has 0 saturated carbocycles. The molecule has 1 rings (SSSR count). The molecule has 0 unspecified atom stereocenters. The van der Waals surface area contributed by atoms with Crippen molar-refractivity contribution in [3.8, 4) is 0 Å². The van der Waals surface area contributed by atoms with Crippen LogP contribution >= 0.6 is 69.6 Å². The van der Waals surface area contributed by atoms with Crippen molar-refractivity contribution in [1.29, 1.82) is 0 Å².